The Bertz CT molecular complexity index is 1220. The van der Waals surface area contributed by atoms with E-state index >= 15 is 0 Å². The molecule has 0 saturated heterocycles. The SMILES string of the molecule is COc1ccc(Cn2cnc(N)c3nc(C(C)(C)OCc4ccc(C)cc4)nc2-3)cc1OC. The maximum Gasteiger partial charge on any atom is 0.166 e. The molecule has 2 aliphatic rings. The van der Waals surface area contributed by atoms with Crippen molar-refractivity contribution >= 4 is 5.82 Å². The Labute approximate surface area is 193 Å². The Morgan fingerprint density at radius 2 is 1.64 bits per heavy atom. The third-order valence-corrected chi connectivity index (χ3v) is 5.55. The lowest BCUT2D eigenvalue weighted by molar-refractivity contribution is -0.0393. The standard InChI is InChI=1S/C25H29N5O3/c1-16-6-8-17(9-7-16)14-33-25(2,3)24-28-21-22(26)27-15-30(23(21)29-24)13-18-10-11-19(31-4)20(12-18)32-5/h6-12,15H,13-14,26H2,1-5H3. The van der Waals surface area contributed by atoms with Gasteiger partial charge in [0.05, 0.1) is 33.7 Å². The molecule has 0 aliphatic carbocycles. The van der Waals surface area contributed by atoms with Gasteiger partial charge in [0.1, 0.15) is 5.60 Å². The molecule has 4 rings (SSSR count). The summed E-state index contributed by atoms with van der Waals surface area (Å²) in [5.74, 6) is 2.89. The number of ether oxygens (including phenoxy) is 3. The Hall–Kier alpha value is -3.65. The highest BCUT2D eigenvalue weighted by Crippen LogP contribution is 2.32. The van der Waals surface area contributed by atoms with Gasteiger partial charge in [0.2, 0.25) is 0 Å². The number of rotatable bonds is 8. The maximum atomic E-state index is 6.20. The van der Waals surface area contributed by atoms with Crippen LogP contribution < -0.4 is 15.2 Å². The molecule has 2 aromatic carbocycles. The number of methoxy groups -OCH3 is 2. The predicted molar refractivity (Wildman–Crippen MR) is 126 cm³/mol. The van der Waals surface area contributed by atoms with Crippen LogP contribution in [0.1, 0.15) is 36.4 Å². The number of anilines is 1. The Balaban J connectivity index is 1.61. The largest absolute Gasteiger partial charge is 0.493 e. The number of fused-ring (bicyclic) bond motifs is 1. The van der Waals surface area contributed by atoms with Gasteiger partial charge in [-0.05, 0) is 44.0 Å². The molecule has 2 aliphatic heterocycles. The van der Waals surface area contributed by atoms with Gasteiger partial charge in [-0.2, -0.15) is 0 Å². The zero-order valence-electron chi connectivity index (χ0n) is 19.6. The molecule has 0 aromatic heterocycles. The number of hydrogen-bond acceptors (Lipinski definition) is 7. The highest BCUT2D eigenvalue weighted by molar-refractivity contribution is 5.65. The van der Waals surface area contributed by atoms with Crippen molar-refractivity contribution in [1.29, 1.82) is 0 Å². The monoisotopic (exact) mass is 447 g/mol. The van der Waals surface area contributed by atoms with E-state index < -0.39 is 5.60 Å². The highest BCUT2D eigenvalue weighted by atomic mass is 16.5. The van der Waals surface area contributed by atoms with Crippen LogP contribution in [-0.4, -0.2) is 33.7 Å². The van der Waals surface area contributed by atoms with Gasteiger partial charge in [-0.15, -0.1) is 0 Å². The van der Waals surface area contributed by atoms with Crippen molar-refractivity contribution in [2.24, 2.45) is 0 Å². The van der Waals surface area contributed by atoms with E-state index in [9.17, 15) is 0 Å². The highest BCUT2D eigenvalue weighted by Gasteiger charge is 2.30. The number of nitrogens with zero attached hydrogens (tertiary/aromatic N) is 4. The van der Waals surface area contributed by atoms with Gasteiger partial charge < -0.3 is 24.5 Å². The number of nitrogens with two attached hydrogens (primary N) is 1. The van der Waals surface area contributed by atoms with E-state index in [1.807, 2.05) is 36.6 Å². The summed E-state index contributed by atoms with van der Waals surface area (Å²) in [4.78, 5) is 13.8. The van der Waals surface area contributed by atoms with Crippen molar-refractivity contribution in [2.75, 3.05) is 20.0 Å². The Kier molecular flexibility index (Phi) is 6.20. The second-order valence-corrected chi connectivity index (χ2v) is 8.45. The molecule has 0 unspecified atom stereocenters. The fourth-order valence-corrected chi connectivity index (χ4v) is 3.53. The van der Waals surface area contributed by atoms with Crippen LogP contribution in [0, 0.1) is 6.92 Å². The summed E-state index contributed by atoms with van der Waals surface area (Å²) >= 11 is 0. The number of aromatic nitrogens is 4. The van der Waals surface area contributed by atoms with Crippen molar-refractivity contribution in [1.82, 2.24) is 19.5 Å². The van der Waals surface area contributed by atoms with Gasteiger partial charge in [0, 0.05) is 0 Å². The van der Waals surface area contributed by atoms with Gasteiger partial charge >= 0.3 is 0 Å². The average molecular weight is 448 g/mol. The smallest absolute Gasteiger partial charge is 0.166 e. The summed E-state index contributed by atoms with van der Waals surface area (Å²) in [5, 5.41) is 0. The number of aryl methyl sites for hydroxylation is 1. The molecule has 0 radical (unpaired) electrons. The molecular formula is C25H29N5O3. The van der Waals surface area contributed by atoms with Crippen molar-refractivity contribution < 1.29 is 14.2 Å². The topological polar surface area (TPSA) is 97.3 Å². The van der Waals surface area contributed by atoms with E-state index in [0.717, 1.165) is 11.1 Å². The fourth-order valence-electron chi connectivity index (χ4n) is 3.53. The summed E-state index contributed by atoms with van der Waals surface area (Å²) in [7, 11) is 3.23. The molecule has 2 heterocycles. The third-order valence-electron chi connectivity index (χ3n) is 5.55. The van der Waals surface area contributed by atoms with Gasteiger partial charge in [-0.25, -0.2) is 15.0 Å². The summed E-state index contributed by atoms with van der Waals surface area (Å²) in [6.45, 7) is 6.95. The van der Waals surface area contributed by atoms with Crippen LogP contribution in [-0.2, 0) is 23.5 Å². The first-order chi connectivity index (χ1) is 15.8. The third kappa shape index (κ3) is 4.75. The van der Waals surface area contributed by atoms with E-state index in [1.54, 1.807) is 20.5 Å². The Morgan fingerprint density at radius 1 is 0.939 bits per heavy atom. The van der Waals surface area contributed by atoms with E-state index in [1.165, 1.54) is 5.56 Å². The zero-order valence-corrected chi connectivity index (χ0v) is 19.6. The minimum atomic E-state index is -0.711. The average Bonchev–Trinajstić information content (AvgIpc) is 3.28. The first-order valence-electron chi connectivity index (χ1n) is 10.7. The van der Waals surface area contributed by atoms with Gasteiger partial charge in [-0.3, -0.25) is 0 Å². The van der Waals surface area contributed by atoms with Crippen LogP contribution in [0.3, 0.4) is 0 Å². The maximum absolute atomic E-state index is 6.20. The quantitative estimate of drug-likeness (QED) is 0.433. The van der Waals surface area contributed by atoms with Crippen molar-refractivity contribution in [2.45, 2.75) is 39.5 Å². The number of benzene rings is 2. The molecule has 0 saturated carbocycles. The molecule has 0 atom stereocenters. The Morgan fingerprint density at radius 3 is 2.33 bits per heavy atom. The lowest BCUT2D eigenvalue weighted by Gasteiger charge is -2.22. The first-order valence-corrected chi connectivity index (χ1v) is 10.7. The van der Waals surface area contributed by atoms with Crippen molar-refractivity contribution in [3.63, 3.8) is 0 Å². The molecule has 8 nitrogen and oxygen atoms in total. The second-order valence-electron chi connectivity index (χ2n) is 8.45. The van der Waals surface area contributed by atoms with Crippen LogP contribution in [0.2, 0.25) is 0 Å². The molecule has 172 valence electrons. The minimum Gasteiger partial charge on any atom is -0.493 e. The molecule has 0 spiro atoms. The van der Waals surface area contributed by atoms with Crippen molar-refractivity contribution in [3.05, 3.63) is 71.3 Å². The van der Waals surface area contributed by atoms with E-state index in [4.69, 9.17) is 24.9 Å². The molecule has 33 heavy (non-hydrogen) atoms. The number of hydrogen-bond donors (Lipinski definition) is 1. The van der Waals surface area contributed by atoms with Gasteiger partial charge in [0.15, 0.2) is 34.7 Å². The minimum absolute atomic E-state index is 0.335. The number of nitrogen functional groups attached to an aromatic ring is 1. The van der Waals surface area contributed by atoms with Gasteiger partial charge in [-0.1, -0.05) is 35.9 Å². The molecule has 2 N–H and O–H groups in total. The van der Waals surface area contributed by atoms with E-state index in [2.05, 4.69) is 41.2 Å². The molecule has 8 heteroatoms. The van der Waals surface area contributed by atoms with Crippen LogP contribution in [0.4, 0.5) is 5.82 Å². The van der Waals surface area contributed by atoms with Crippen LogP contribution >= 0.6 is 0 Å². The molecule has 0 amide bonds. The second kappa shape index (κ2) is 9.07. The van der Waals surface area contributed by atoms with Crippen LogP contribution in [0.5, 0.6) is 11.5 Å². The van der Waals surface area contributed by atoms with Crippen LogP contribution in [0.25, 0.3) is 11.5 Å². The van der Waals surface area contributed by atoms with Gasteiger partial charge in [0.25, 0.3) is 0 Å². The molecule has 2 aromatic rings. The van der Waals surface area contributed by atoms with E-state index in [0.29, 0.717) is 47.8 Å². The van der Waals surface area contributed by atoms with Crippen molar-refractivity contribution in [3.8, 4) is 23.0 Å². The predicted octanol–water partition coefficient (Wildman–Crippen LogP) is 4.19. The summed E-state index contributed by atoms with van der Waals surface area (Å²) in [6, 6.07) is 14.0. The lowest BCUT2D eigenvalue weighted by atomic mass is 10.1. The first kappa shape index (κ1) is 22.5. The summed E-state index contributed by atoms with van der Waals surface area (Å²) < 4.78 is 18.9. The molecular weight excluding hydrogens is 418 g/mol. The lowest BCUT2D eigenvalue weighted by Crippen LogP contribution is -2.23. The summed E-state index contributed by atoms with van der Waals surface area (Å²) in [6.07, 6.45) is 1.67. The normalized spacial score (nSPS) is 11.7. The van der Waals surface area contributed by atoms with Crippen LogP contribution in [0.15, 0.2) is 48.8 Å². The molecule has 0 fully saturated rings. The van der Waals surface area contributed by atoms with E-state index in [-0.39, 0.29) is 0 Å². The fraction of sp³-hybridized carbons (Fsp3) is 0.320. The summed E-state index contributed by atoms with van der Waals surface area (Å²) in [5.41, 5.74) is 9.29. The number of imidazole rings is 1. The molecule has 0 bridgehead atoms. The zero-order chi connectivity index (χ0) is 23.6.